The lowest BCUT2D eigenvalue weighted by atomic mass is 10.1. The highest BCUT2D eigenvalue weighted by Gasteiger charge is 2.28. The smallest absolute Gasteiger partial charge is 0.249 e. The predicted octanol–water partition coefficient (Wildman–Crippen LogP) is 3.72. The third kappa shape index (κ3) is 2.35. The van der Waals surface area contributed by atoms with E-state index in [1.165, 1.54) is 6.21 Å². The summed E-state index contributed by atoms with van der Waals surface area (Å²) >= 11 is 3.39. The lowest BCUT2D eigenvalue weighted by Crippen LogP contribution is -2.00. The van der Waals surface area contributed by atoms with E-state index in [1.54, 1.807) is 24.3 Å². The molecular formula is C16H12BrN3O2. The van der Waals surface area contributed by atoms with Crippen LogP contribution in [0.2, 0.25) is 0 Å². The molecule has 1 aliphatic carbocycles. The summed E-state index contributed by atoms with van der Waals surface area (Å²) in [7, 11) is 0. The van der Waals surface area contributed by atoms with Gasteiger partial charge in [0.2, 0.25) is 5.95 Å². The Morgan fingerprint density at radius 1 is 1.14 bits per heavy atom. The van der Waals surface area contributed by atoms with Crippen molar-refractivity contribution < 1.29 is 9.90 Å². The van der Waals surface area contributed by atoms with Gasteiger partial charge >= 0.3 is 0 Å². The molecule has 0 atom stereocenters. The van der Waals surface area contributed by atoms with Crippen LogP contribution in [0.4, 0.5) is 5.95 Å². The van der Waals surface area contributed by atoms with Gasteiger partial charge in [0.15, 0.2) is 5.78 Å². The summed E-state index contributed by atoms with van der Waals surface area (Å²) in [4.78, 5) is 24.8. The van der Waals surface area contributed by atoms with Gasteiger partial charge in [-0.3, -0.25) is 4.79 Å². The molecule has 22 heavy (non-hydrogen) atoms. The first-order valence-electron chi connectivity index (χ1n) is 6.61. The molecule has 0 aliphatic heterocycles. The second kappa shape index (κ2) is 5.46. The van der Waals surface area contributed by atoms with Gasteiger partial charge in [0.05, 0.1) is 21.4 Å². The molecule has 5 nitrogen and oxygen atoms in total. The van der Waals surface area contributed by atoms with Crippen LogP contribution in [0, 0.1) is 13.8 Å². The van der Waals surface area contributed by atoms with Crippen LogP contribution in [0.25, 0.3) is 5.76 Å². The quantitative estimate of drug-likeness (QED) is 0.831. The van der Waals surface area contributed by atoms with E-state index in [1.807, 2.05) is 13.8 Å². The molecule has 0 saturated carbocycles. The lowest BCUT2D eigenvalue weighted by Gasteiger charge is -2.02. The largest absolute Gasteiger partial charge is 0.506 e. The molecule has 0 saturated heterocycles. The van der Waals surface area contributed by atoms with Crippen molar-refractivity contribution in [2.75, 3.05) is 0 Å². The third-order valence-corrected chi connectivity index (χ3v) is 4.55. The average molecular weight is 358 g/mol. The van der Waals surface area contributed by atoms with E-state index in [0.717, 1.165) is 15.9 Å². The number of hydrogen-bond acceptors (Lipinski definition) is 5. The molecule has 6 heteroatoms. The minimum Gasteiger partial charge on any atom is -0.506 e. The molecule has 0 bridgehead atoms. The van der Waals surface area contributed by atoms with Crippen molar-refractivity contribution in [3.8, 4) is 0 Å². The first-order valence-corrected chi connectivity index (χ1v) is 7.40. The van der Waals surface area contributed by atoms with Crippen molar-refractivity contribution in [3.05, 3.63) is 56.8 Å². The summed E-state index contributed by atoms with van der Waals surface area (Å²) in [5.74, 6) is -0.0560. The molecule has 0 spiro atoms. The molecule has 1 aliphatic rings. The fourth-order valence-corrected chi connectivity index (χ4v) is 2.45. The van der Waals surface area contributed by atoms with E-state index < -0.39 is 0 Å². The zero-order valence-electron chi connectivity index (χ0n) is 12.0. The highest BCUT2D eigenvalue weighted by atomic mass is 79.9. The van der Waals surface area contributed by atoms with Crippen LogP contribution < -0.4 is 0 Å². The number of aliphatic imine (C=N–C) groups is 1. The Morgan fingerprint density at radius 3 is 2.32 bits per heavy atom. The van der Waals surface area contributed by atoms with Crippen LogP contribution >= 0.6 is 15.9 Å². The van der Waals surface area contributed by atoms with E-state index in [4.69, 9.17) is 0 Å². The first kappa shape index (κ1) is 14.6. The van der Waals surface area contributed by atoms with Crippen LogP contribution in [0.5, 0.6) is 0 Å². The maximum absolute atomic E-state index is 12.3. The number of carbonyl (C=O) groups excluding carboxylic acids is 1. The molecule has 110 valence electrons. The summed E-state index contributed by atoms with van der Waals surface area (Å²) in [6.45, 7) is 3.68. The number of aromatic nitrogens is 2. The standard InChI is InChI=1S/C16H12BrN3O2/c1-8-13(17)9(2)20-16(19-8)18-7-12-14(21)10-5-3-4-6-11(10)15(12)22/h3-7,21H,1-2H3. The van der Waals surface area contributed by atoms with Gasteiger partial charge < -0.3 is 5.11 Å². The number of halogens is 1. The van der Waals surface area contributed by atoms with Crippen molar-refractivity contribution >= 4 is 39.6 Å². The van der Waals surface area contributed by atoms with Crippen LogP contribution in [-0.2, 0) is 0 Å². The van der Waals surface area contributed by atoms with E-state index in [-0.39, 0.29) is 23.1 Å². The number of aliphatic hydroxyl groups excluding tert-OH is 1. The SMILES string of the molecule is Cc1nc(N=CC2=C(O)c3ccccc3C2=O)nc(C)c1Br. The summed E-state index contributed by atoms with van der Waals surface area (Å²) < 4.78 is 0.831. The van der Waals surface area contributed by atoms with Gasteiger partial charge in [-0.15, -0.1) is 0 Å². The number of aryl methyl sites for hydroxylation is 2. The fraction of sp³-hybridized carbons (Fsp3) is 0.125. The summed E-state index contributed by atoms with van der Waals surface area (Å²) in [6.07, 6.45) is 1.32. The normalized spacial score (nSPS) is 14.0. The molecule has 0 amide bonds. The number of nitrogens with zero attached hydrogens (tertiary/aromatic N) is 3. The minimum absolute atomic E-state index is 0.0603. The number of allylic oxidation sites excluding steroid dienone is 1. The van der Waals surface area contributed by atoms with Crippen molar-refractivity contribution in [1.82, 2.24) is 9.97 Å². The highest BCUT2D eigenvalue weighted by Crippen LogP contribution is 2.30. The zero-order chi connectivity index (χ0) is 15.9. The van der Waals surface area contributed by atoms with Crippen molar-refractivity contribution in [1.29, 1.82) is 0 Å². The molecule has 3 rings (SSSR count). The molecule has 1 heterocycles. The summed E-state index contributed by atoms with van der Waals surface area (Å²) in [6, 6.07) is 6.91. The zero-order valence-corrected chi connectivity index (χ0v) is 13.5. The highest BCUT2D eigenvalue weighted by molar-refractivity contribution is 9.10. The molecule has 0 radical (unpaired) electrons. The topological polar surface area (TPSA) is 75.4 Å². The second-order valence-corrected chi connectivity index (χ2v) is 5.70. The molecule has 0 fully saturated rings. The Hall–Kier alpha value is -2.34. The maximum atomic E-state index is 12.3. The molecule has 0 unspecified atom stereocenters. The van der Waals surface area contributed by atoms with Gasteiger partial charge in [-0.25, -0.2) is 15.0 Å². The number of carbonyl (C=O) groups is 1. The van der Waals surface area contributed by atoms with Crippen molar-refractivity contribution in [2.24, 2.45) is 4.99 Å². The Balaban J connectivity index is 1.98. The molecule has 1 aromatic heterocycles. The van der Waals surface area contributed by atoms with Crippen LogP contribution in [-0.4, -0.2) is 27.1 Å². The Labute approximate surface area is 135 Å². The van der Waals surface area contributed by atoms with E-state index in [0.29, 0.717) is 11.1 Å². The van der Waals surface area contributed by atoms with Crippen molar-refractivity contribution in [3.63, 3.8) is 0 Å². The maximum Gasteiger partial charge on any atom is 0.249 e. The van der Waals surface area contributed by atoms with Gasteiger partial charge in [0.1, 0.15) is 5.76 Å². The number of hydrogen-bond donors (Lipinski definition) is 1. The molecule has 2 aromatic rings. The van der Waals surface area contributed by atoms with E-state index in [9.17, 15) is 9.90 Å². The third-order valence-electron chi connectivity index (χ3n) is 3.41. The Kier molecular flexibility index (Phi) is 3.62. The molecule has 1 aromatic carbocycles. The summed E-state index contributed by atoms with van der Waals surface area (Å²) in [5.41, 5.74) is 2.68. The van der Waals surface area contributed by atoms with Crippen molar-refractivity contribution in [2.45, 2.75) is 13.8 Å². The average Bonchev–Trinajstić information content (AvgIpc) is 2.75. The van der Waals surface area contributed by atoms with Gasteiger partial charge in [-0.1, -0.05) is 24.3 Å². The predicted molar refractivity (Wildman–Crippen MR) is 87.7 cm³/mol. The van der Waals surface area contributed by atoms with E-state index in [2.05, 4.69) is 30.9 Å². The fourth-order valence-electron chi connectivity index (χ4n) is 2.27. The van der Waals surface area contributed by atoms with Crippen LogP contribution in [0.3, 0.4) is 0 Å². The van der Waals surface area contributed by atoms with Gasteiger partial charge in [-0.2, -0.15) is 0 Å². The lowest BCUT2D eigenvalue weighted by molar-refractivity contribution is 0.104. The van der Waals surface area contributed by atoms with Gasteiger partial charge in [0.25, 0.3) is 0 Å². The number of Topliss-reactive ketones (excluding diaryl/α,β-unsaturated/α-hetero) is 1. The summed E-state index contributed by atoms with van der Waals surface area (Å²) in [5, 5.41) is 10.2. The van der Waals surface area contributed by atoms with E-state index >= 15 is 0 Å². The second-order valence-electron chi connectivity index (χ2n) is 4.90. The number of aliphatic hydroxyl groups is 1. The Bertz CT molecular complexity index is 833. The minimum atomic E-state index is -0.248. The number of rotatable bonds is 2. The Morgan fingerprint density at radius 2 is 1.73 bits per heavy atom. The molecular weight excluding hydrogens is 346 g/mol. The van der Waals surface area contributed by atoms with Crippen LogP contribution in [0.15, 0.2) is 39.3 Å². The monoisotopic (exact) mass is 357 g/mol. The number of ketones is 1. The van der Waals surface area contributed by atoms with Crippen LogP contribution in [0.1, 0.15) is 27.3 Å². The number of benzene rings is 1. The molecule has 1 N–H and O–H groups in total. The van der Waals surface area contributed by atoms with Gasteiger partial charge in [0, 0.05) is 17.3 Å². The number of fused-ring (bicyclic) bond motifs is 1. The van der Waals surface area contributed by atoms with Gasteiger partial charge in [-0.05, 0) is 29.8 Å². The first-order chi connectivity index (χ1) is 10.5.